The number of hydrogen-bond acceptors (Lipinski definition) is 2. The van der Waals surface area contributed by atoms with Gasteiger partial charge in [0, 0.05) is 22.5 Å². The third kappa shape index (κ3) is 3.19. The molecule has 0 unspecified atom stereocenters. The molecule has 0 amide bonds. The lowest BCUT2D eigenvalue weighted by atomic mass is 9.82. The minimum absolute atomic E-state index is 0.124. The molecule has 0 atom stereocenters. The third-order valence-electron chi connectivity index (χ3n) is 6.49. The number of aryl methyl sites for hydroxylation is 2. The van der Waals surface area contributed by atoms with Crippen molar-refractivity contribution < 1.29 is 5.11 Å². The predicted octanol–water partition coefficient (Wildman–Crippen LogP) is 7.79. The number of hydrogen-bond donors (Lipinski definition) is 1. The molecule has 0 saturated carbocycles. The number of fused-ring (bicyclic) bond motifs is 3. The smallest absolute Gasteiger partial charge is 0.116 e. The highest BCUT2D eigenvalue weighted by molar-refractivity contribution is 5.86. The average Bonchev–Trinajstić information content (AvgIpc) is 2.97. The summed E-state index contributed by atoms with van der Waals surface area (Å²) in [6, 6.07) is 29.8. The van der Waals surface area contributed by atoms with E-state index in [1.807, 2.05) is 6.07 Å². The van der Waals surface area contributed by atoms with E-state index in [0.717, 1.165) is 22.6 Å². The molecule has 0 fully saturated rings. The molecule has 1 aliphatic carbocycles. The maximum atomic E-state index is 10.1. The van der Waals surface area contributed by atoms with E-state index in [2.05, 4.69) is 105 Å². The lowest BCUT2D eigenvalue weighted by Crippen LogP contribution is -2.16. The van der Waals surface area contributed by atoms with Crippen LogP contribution in [0.15, 0.2) is 84.9 Å². The number of anilines is 3. The monoisotopic (exact) mass is 405 g/mol. The molecule has 5 rings (SSSR count). The van der Waals surface area contributed by atoms with E-state index in [4.69, 9.17) is 0 Å². The summed E-state index contributed by atoms with van der Waals surface area (Å²) in [5.74, 6) is 0.312. The van der Waals surface area contributed by atoms with E-state index in [-0.39, 0.29) is 5.41 Å². The van der Waals surface area contributed by atoms with Gasteiger partial charge in [-0.3, -0.25) is 0 Å². The SMILES string of the molecule is Cc1ccc(N(c2ccc(C)cc2)c2ccc3c(c2)C(C)(C)c2ccc(O)cc2-3)cc1. The molecule has 2 nitrogen and oxygen atoms in total. The Bertz CT molecular complexity index is 1220. The minimum atomic E-state index is -0.124. The van der Waals surface area contributed by atoms with Crippen molar-refractivity contribution in [3.8, 4) is 16.9 Å². The van der Waals surface area contributed by atoms with Crippen LogP contribution in [0.4, 0.5) is 17.1 Å². The summed E-state index contributed by atoms with van der Waals surface area (Å²) in [5.41, 5.74) is 10.7. The Balaban J connectivity index is 1.69. The molecule has 0 heterocycles. The number of aromatic hydroxyl groups is 1. The summed E-state index contributed by atoms with van der Waals surface area (Å²) in [7, 11) is 0. The zero-order valence-corrected chi connectivity index (χ0v) is 18.5. The first-order valence-electron chi connectivity index (χ1n) is 10.8. The number of benzene rings is 4. The zero-order chi connectivity index (χ0) is 21.8. The van der Waals surface area contributed by atoms with E-state index in [1.54, 1.807) is 6.07 Å². The minimum Gasteiger partial charge on any atom is -0.508 e. The second-order valence-electron chi connectivity index (χ2n) is 9.09. The molecule has 31 heavy (non-hydrogen) atoms. The van der Waals surface area contributed by atoms with E-state index in [9.17, 15) is 5.11 Å². The quantitative estimate of drug-likeness (QED) is 0.376. The average molecular weight is 406 g/mol. The highest BCUT2D eigenvalue weighted by Crippen LogP contribution is 2.51. The molecular formula is C29H27NO. The molecule has 0 saturated heterocycles. The fourth-order valence-corrected chi connectivity index (χ4v) is 4.70. The molecule has 0 radical (unpaired) electrons. The first-order valence-corrected chi connectivity index (χ1v) is 10.8. The fourth-order valence-electron chi connectivity index (χ4n) is 4.70. The van der Waals surface area contributed by atoms with Crippen molar-refractivity contribution in [3.05, 3.63) is 107 Å². The molecule has 0 spiro atoms. The highest BCUT2D eigenvalue weighted by atomic mass is 16.3. The molecule has 1 aliphatic rings. The van der Waals surface area contributed by atoms with Gasteiger partial charge in [0.05, 0.1) is 0 Å². The molecule has 154 valence electrons. The van der Waals surface area contributed by atoms with E-state index >= 15 is 0 Å². The van der Waals surface area contributed by atoms with E-state index in [0.29, 0.717) is 5.75 Å². The maximum absolute atomic E-state index is 10.1. The Morgan fingerprint density at radius 2 is 1.13 bits per heavy atom. The second kappa shape index (κ2) is 7.02. The van der Waals surface area contributed by atoms with Crippen LogP contribution in [0.1, 0.15) is 36.1 Å². The van der Waals surface area contributed by atoms with Gasteiger partial charge >= 0.3 is 0 Å². The molecule has 0 bridgehead atoms. The molecular weight excluding hydrogens is 378 g/mol. The van der Waals surface area contributed by atoms with Gasteiger partial charge in [-0.2, -0.15) is 0 Å². The van der Waals surface area contributed by atoms with Gasteiger partial charge in [0.2, 0.25) is 0 Å². The molecule has 1 N–H and O–H groups in total. The van der Waals surface area contributed by atoms with Crippen LogP contribution in [0.5, 0.6) is 5.75 Å². The number of nitrogens with zero attached hydrogens (tertiary/aromatic N) is 1. The van der Waals surface area contributed by atoms with Gasteiger partial charge in [-0.25, -0.2) is 0 Å². The van der Waals surface area contributed by atoms with Crippen molar-refractivity contribution in [3.63, 3.8) is 0 Å². The summed E-state index contributed by atoms with van der Waals surface area (Å²) in [4.78, 5) is 2.32. The van der Waals surface area contributed by atoms with Crippen molar-refractivity contribution in [2.75, 3.05) is 4.90 Å². The highest BCUT2D eigenvalue weighted by Gasteiger charge is 2.36. The number of phenolic OH excluding ortho intramolecular Hbond substituents is 1. The third-order valence-corrected chi connectivity index (χ3v) is 6.49. The van der Waals surface area contributed by atoms with Gasteiger partial charge in [0.25, 0.3) is 0 Å². The summed E-state index contributed by atoms with van der Waals surface area (Å²) < 4.78 is 0. The van der Waals surface area contributed by atoms with Crippen LogP contribution in [0, 0.1) is 13.8 Å². The largest absolute Gasteiger partial charge is 0.508 e. The fraction of sp³-hybridized carbons (Fsp3) is 0.172. The van der Waals surface area contributed by atoms with Crippen LogP contribution in [-0.4, -0.2) is 5.11 Å². The Morgan fingerprint density at radius 1 is 0.581 bits per heavy atom. The van der Waals surface area contributed by atoms with Gasteiger partial charge in [-0.1, -0.05) is 61.4 Å². The van der Waals surface area contributed by atoms with Crippen LogP contribution in [0.25, 0.3) is 11.1 Å². The van der Waals surface area contributed by atoms with Crippen molar-refractivity contribution in [1.82, 2.24) is 0 Å². The zero-order valence-electron chi connectivity index (χ0n) is 18.5. The Labute approximate surface area is 184 Å². The van der Waals surface area contributed by atoms with Crippen molar-refractivity contribution in [1.29, 1.82) is 0 Å². The molecule has 0 aliphatic heterocycles. The summed E-state index contributed by atoms with van der Waals surface area (Å²) in [6.45, 7) is 8.76. The molecule has 0 aromatic heterocycles. The summed E-state index contributed by atoms with van der Waals surface area (Å²) in [6.07, 6.45) is 0. The van der Waals surface area contributed by atoms with Gasteiger partial charge < -0.3 is 10.0 Å². The van der Waals surface area contributed by atoms with Crippen LogP contribution in [0.2, 0.25) is 0 Å². The van der Waals surface area contributed by atoms with Gasteiger partial charge in [0.1, 0.15) is 5.75 Å². The van der Waals surface area contributed by atoms with Crippen LogP contribution in [0.3, 0.4) is 0 Å². The normalized spacial score (nSPS) is 13.5. The molecule has 2 heteroatoms. The number of rotatable bonds is 3. The topological polar surface area (TPSA) is 23.5 Å². The van der Waals surface area contributed by atoms with Crippen LogP contribution >= 0.6 is 0 Å². The summed E-state index contributed by atoms with van der Waals surface area (Å²) >= 11 is 0. The number of phenols is 1. The molecule has 4 aromatic carbocycles. The first-order chi connectivity index (χ1) is 14.8. The predicted molar refractivity (Wildman–Crippen MR) is 130 cm³/mol. The van der Waals surface area contributed by atoms with Gasteiger partial charge in [0.15, 0.2) is 0 Å². The lowest BCUT2D eigenvalue weighted by molar-refractivity contribution is 0.475. The Hall–Kier alpha value is -3.52. The lowest BCUT2D eigenvalue weighted by Gasteiger charge is -2.28. The standard InChI is InChI=1S/C29H27NO/c1-19-5-9-21(10-6-19)30(22-11-7-20(2)8-12-22)23-13-15-25-26-18-24(31)14-16-27(26)29(3,4)28(25)17-23/h5-18,31H,1-4H3. The van der Waals surface area contributed by atoms with Crippen molar-refractivity contribution in [2.45, 2.75) is 33.1 Å². The van der Waals surface area contributed by atoms with Crippen LogP contribution in [-0.2, 0) is 5.41 Å². The van der Waals surface area contributed by atoms with Crippen molar-refractivity contribution >= 4 is 17.1 Å². The van der Waals surface area contributed by atoms with Gasteiger partial charge in [-0.15, -0.1) is 0 Å². The Kier molecular flexibility index (Phi) is 4.40. The second-order valence-corrected chi connectivity index (χ2v) is 9.09. The first kappa shape index (κ1) is 19.4. The maximum Gasteiger partial charge on any atom is 0.116 e. The van der Waals surface area contributed by atoms with E-state index in [1.165, 1.54) is 27.8 Å². The molecule has 4 aromatic rings. The van der Waals surface area contributed by atoms with Crippen LogP contribution < -0.4 is 4.90 Å². The van der Waals surface area contributed by atoms with Gasteiger partial charge in [-0.05, 0) is 84.6 Å². The summed E-state index contributed by atoms with van der Waals surface area (Å²) in [5, 5.41) is 10.1. The Morgan fingerprint density at radius 3 is 1.71 bits per heavy atom. The van der Waals surface area contributed by atoms with E-state index < -0.39 is 0 Å². The van der Waals surface area contributed by atoms with Crippen molar-refractivity contribution in [2.24, 2.45) is 0 Å².